The highest BCUT2D eigenvalue weighted by atomic mass is 32.1. The average Bonchev–Trinajstić information content (AvgIpc) is 4.01. The first-order valence-corrected chi connectivity index (χ1v) is 18.9. The maximum absolute atomic E-state index is 12.8. The molecule has 9 rings (SSSR count). The first-order valence-electron chi connectivity index (χ1n) is 17.3. The molecular weight excluding hydrogens is 671 g/mol. The van der Waals surface area contributed by atoms with Crippen molar-refractivity contribution in [2.75, 3.05) is 6.54 Å². The highest BCUT2D eigenvalue weighted by Crippen LogP contribution is 2.41. The Labute approximate surface area is 307 Å². The molecule has 4 aromatic heterocycles. The van der Waals surface area contributed by atoms with Crippen LogP contribution in [0.15, 0.2) is 116 Å². The van der Waals surface area contributed by atoms with Gasteiger partial charge in [-0.05, 0) is 42.4 Å². The van der Waals surface area contributed by atoms with E-state index in [1.807, 2.05) is 95.6 Å². The molecular formula is C42H41N5O2S2. The second-order valence-electron chi connectivity index (χ2n) is 12.8. The van der Waals surface area contributed by atoms with Crippen LogP contribution in [0.3, 0.4) is 0 Å². The smallest absolute Gasteiger partial charge is 0.410 e. The number of aromatic nitrogens is 4. The summed E-state index contributed by atoms with van der Waals surface area (Å²) >= 11 is 3.45. The number of hydrogen-bond donors (Lipinski definition) is 0. The van der Waals surface area contributed by atoms with Crippen LogP contribution in [0, 0.1) is 0 Å². The predicted octanol–water partition coefficient (Wildman–Crippen LogP) is 11.5. The van der Waals surface area contributed by atoms with Gasteiger partial charge in [-0.15, -0.1) is 22.7 Å². The largest absolute Gasteiger partial charge is 0.445 e. The van der Waals surface area contributed by atoms with Crippen molar-refractivity contribution >= 4 is 49.2 Å². The van der Waals surface area contributed by atoms with Crippen molar-refractivity contribution < 1.29 is 9.53 Å². The van der Waals surface area contributed by atoms with Crippen molar-refractivity contribution in [3.05, 3.63) is 131 Å². The molecule has 1 aliphatic heterocycles. The van der Waals surface area contributed by atoms with E-state index >= 15 is 0 Å². The lowest BCUT2D eigenvalue weighted by Gasteiger charge is -2.22. The Bertz CT molecular complexity index is 2200. The van der Waals surface area contributed by atoms with Crippen LogP contribution < -0.4 is 0 Å². The average molecular weight is 712 g/mol. The van der Waals surface area contributed by atoms with E-state index in [4.69, 9.17) is 14.7 Å². The lowest BCUT2D eigenvalue weighted by molar-refractivity contribution is 0.0920. The summed E-state index contributed by atoms with van der Waals surface area (Å²) in [5, 5.41) is 2.26. The van der Waals surface area contributed by atoms with Crippen LogP contribution in [0.5, 0.6) is 0 Å². The van der Waals surface area contributed by atoms with Crippen molar-refractivity contribution in [2.24, 2.45) is 0 Å². The van der Waals surface area contributed by atoms with E-state index in [2.05, 4.69) is 46.4 Å². The van der Waals surface area contributed by atoms with Gasteiger partial charge in [0.25, 0.3) is 0 Å². The summed E-state index contributed by atoms with van der Waals surface area (Å²) in [5.74, 6) is 0.677. The monoisotopic (exact) mass is 711 g/mol. The minimum atomic E-state index is -0.276. The molecule has 1 saturated heterocycles. The zero-order chi connectivity index (χ0) is 33.7. The SMILES string of the molecule is C.O=C(OCc1ccccc1)N1CCC[C@H]1c1nc2c(-c3ccccc3)cncc2s1.c1ccc(-c2cncc3sc(C4CCCC4)nc23)cc1. The third kappa shape index (κ3) is 7.55. The number of nitrogens with zero attached hydrogens (tertiary/aromatic N) is 5. The van der Waals surface area contributed by atoms with Gasteiger partial charge >= 0.3 is 6.09 Å². The van der Waals surface area contributed by atoms with Crippen molar-refractivity contribution in [3.8, 4) is 22.3 Å². The molecule has 7 aromatic rings. The number of carbonyl (C=O) groups is 1. The van der Waals surface area contributed by atoms with E-state index in [1.165, 1.54) is 41.0 Å². The quantitative estimate of drug-likeness (QED) is 0.171. The summed E-state index contributed by atoms with van der Waals surface area (Å²) in [5.41, 5.74) is 7.53. The van der Waals surface area contributed by atoms with Crippen LogP contribution in [-0.4, -0.2) is 37.5 Å². The van der Waals surface area contributed by atoms with Crippen LogP contribution in [0.2, 0.25) is 0 Å². The molecule has 1 atom stereocenters. The zero-order valence-corrected chi connectivity index (χ0v) is 29.3. The van der Waals surface area contributed by atoms with Gasteiger partial charge in [0.05, 0.1) is 31.5 Å². The second-order valence-corrected chi connectivity index (χ2v) is 14.9. The van der Waals surface area contributed by atoms with Gasteiger partial charge in [0, 0.05) is 48.4 Å². The van der Waals surface area contributed by atoms with E-state index in [9.17, 15) is 4.79 Å². The van der Waals surface area contributed by atoms with Crippen LogP contribution in [-0.2, 0) is 11.3 Å². The van der Waals surface area contributed by atoms with Crippen molar-refractivity contribution in [1.82, 2.24) is 24.8 Å². The minimum Gasteiger partial charge on any atom is -0.445 e. The fourth-order valence-corrected chi connectivity index (χ4v) is 9.17. The Hall–Kier alpha value is -4.99. The van der Waals surface area contributed by atoms with Gasteiger partial charge in [0.1, 0.15) is 11.6 Å². The third-order valence-corrected chi connectivity index (χ3v) is 11.7. The number of thiazole rings is 2. The molecule has 0 unspecified atom stereocenters. The molecule has 0 bridgehead atoms. The fraction of sp³-hybridized carbons (Fsp3) is 0.262. The second kappa shape index (κ2) is 15.9. The molecule has 9 heteroatoms. The zero-order valence-electron chi connectivity index (χ0n) is 27.7. The number of carbonyl (C=O) groups excluding carboxylic acids is 1. The molecule has 5 heterocycles. The summed E-state index contributed by atoms with van der Waals surface area (Å²) < 4.78 is 7.84. The number of amides is 1. The van der Waals surface area contributed by atoms with E-state index in [0.717, 1.165) is 55.8 Å². The van der Waals surface area contributed by atoms with E-state index in [-0.39, 0.29) is 26.2 Å². The molecule has 0 spiro atoms. The lowest BCUT2D eigenvalue weighted by atomic mass is 10.1. The maximum Gasteiger partial charge on any atom is 0.410 e. The first-order chi connectivity index (χ1) is 24.7. The topological polar surface area (TPSA) is 81.1 Å². The minimum absolute atomic E-state index is 0. The van der Waals surface area contributed by atoms with Crippen molar-refractivity contribution in [1.29, 1.82) is 0 Å². The Kier molecular flexibility index (Phi) is 10.8. The van der Waals surface area contributed by atoms with Crippen LogP contribution in [0.1, 0.15) is 73.5 Å². The number of hydrogen-bond acceptors (Lipinski definition) is 8. The van der Waals surface area contributed by atoms with E-state index in [0.29, 0.717) is 12.5 Å². The summed E-state index contributed by atoms with van der Waals surface area (Å²) in [6.45, 7) is 0.975. The maximum atomic E-state index is 12.8. The predicted molar refractivity (Wildman–Crippen MR) is 209 cm³/mol. The Morgan fingerprint density at radius 2 is 1.20 bits per heavy atom. The third-order valence-electron chi connectivity index (χ3n) is 9.49. The van der Waals surface area contributed by atoms with E-state index < -0.39 is 0 Å². The Balaban J connectivity index is 0.000000168. The number of ether oxygens (including phenoxy) is 1. The van der Waals surface area contributed by atoms with Gasteiger partial charge in [-0.2, -0.15) is 0 Å². The number of benzene rings is 3. The molecule has 1 amide bonds. The summed E-state index contributed by atoms with van der Waals surface area (Å²) in [6, 6.07) is 30.3. The molecule has 0 N–H and O–H groups in total. The molecule has 1 aliphatic carbocycles. The fourth-order valence-electron chi connectivity index (χ4n) is 6.93. The number of likely N-dealkylation sites (tertiary alicyclic amines) is 1. The highest BCUT2D eigenvalue weighted by Gasteiger charge is 2.33. The van der Waals surface area contributed by atoms with Crippen LogP contribution >= 0.6 is 22.7 Å². The van der Waals surface area contributed by atoms with Gasteiger partial charge in [-0.3, -0.25) is 14.9 Å². The summed E-state index contributed by atoms with van der Waals surface area (Å²) in [6.07, 6.45) is 14.5. The van der Waals surface area contributed by atoms with Gasteiger partial charge in [0.15, 0.2) is 0 Å². The number of fused-ring (bicyclic) bond motifs is 2. The molecule has 2 aliphatic rings. The van der Waals surface area contributed by atoms with Gasteiger partial charge in [-0.25, -0.2) is 14.8 Å². The molecule has 0 radical (unpaired) electrons. The standard InChI is InChI=1S/C24H21N3O2S.C17H16N2S.CH4/c28-24(29-16-17-8-3-1-4-9-17)27-13-7-12-20(27)23-26-22-19(14-25-15-21(22)30-23)18-10-5-2-6-11-18;1-2-6-12(7-3-1)14-10-18-11-15-16(14)19-17(20-15)13-8-4-5-9-13;/h1-6,8-11,14-15,20H,7,12-13,16H2;1-3,6-7,10-11,13H,4-5,8-9H2;1H4/t20-;;/m0../s1. The number of rotatable bonds is 6. The molecule has 7 nitrogen and oxygen atoms in total. The van der Waals surface area contributed by atoms with Crippen LogP contribution in [0.25, 0.3) is 42.7 Å². The van der Waals surface area contributed by atoms with Crippen LogP contribution in [0.4, 0.5) is 4.79 Å². The van der Waals surface area contributed by atoms with Crippen molar-refractivity contribution in [3.63, 3.8) is 0 Å². The Morgan fingerprint density at radius 1 is 0.667 bits per heavy atom. The molecule has 3 aromatic carbocycles. The molecule has 258 valence electrons. The normalized spacial score (nSPS) is 15.8. The summed E-state index contributed by atoms with van der Waals surface area (Å²) in [4.78, 5) is 33.3. The van der Waals surface area contributed by atoms with Gasteiger partial charge in [0.2, 0.25) is 0 Å². The van der Waals surface area contributed by atoms with Gasteiger partial charge < -0.3 is 4.74 Å². The van der Waals surface area contributed by atoms with E-state index in [1.54, 1.807) is 11.3 Å². The number of pyridine rings is 2. The molecule has 2 fully saturated rings. The lowest BCUT2D eigenvalue weighted by Crippen LogP contribution is -2.31. The molecule has 51 heavy (non-hydrogen) atoms. The highest BCUT2D eigenvalue weighted by molar-refractivity contribution is 7.19. The first kappa shape index (κ1) is 34.5. The molecule has 1 saturated carbocycles. The Morgan fingerprint density at radius 3 is 1.78 bits per heavy atom. The summed E-state index contributed by atoms with van der Waals surface area (Å²) in [7, 11) is 0. The van der Waals surface area contributed by atoms with Gasteiger partial charge in [-0.1, -0.05) is 111 Å². The van der Waals surface area contributed by atoms with Crippen molar-refractivity contribution in [2.45, 2.75) is 64.5 Å².